The topological polar surface area (TPSA) is 66.0 Å². The summed E-state index contributed by atoms with van der Waals surface area (Å²) in [6, 6.07) is 8.04. The minimum atomic E-state index is -0.0329. The van der Waals surface area contributed by atoms with Gasteiger partial charge in [0, 0.05) is 12.1 Å². The summed E-state index contributed by atoms with van der Waals surface area (Å²) in [5.74, 6) is 0.660. The molecule has 1 aliphatic heterocycles. The molecule has 1 aromatic carbocycles. The predicted octanol–water partition coefficient (Wildman–Crippen LogP) is 2.91. The number of hydrogen-bond acceptors (Lipinski definition) is 4. The summed E-state index contributed by atoms with van der Waals surface area (Å²) in [7, 11) is 0. The second-order valence-electron chi connectivity index (χ2n) is 6.91. The Balaban J connectivity index is 1.52. The first kappa shape index (κ1) is 18.8. The van der Waals surface area contributed by atoms with Crippen molar-refractivity contribution < 1.29 is 4.79 Å². The molecule has 2 N–H and O–H groups in total. The number of H-pyrrole nitrogens is 1. The third kappa shape index (κ3) is 5.02. The molecule has 140 valence electrons. The molecule has 1 fully saturated rings. The lowest BCUT2D eigenvalue weighted by Crippen LogP contribution is -2.34. The van der Waals surface area contributed by atoms with Gasteiger partial charge in [-0.3, -0.25) is 14.5 Å². The molecule has 1 amide bonds. The lowest BCUT2D eigenvalue weighted by molar-refractivity contribution is -0.121. The molecular weight excluding hydrogens is 346 g/mol. The molecule has 2 heterocycles. The monoisotopic (exact) mass is 373 g/mol. The fourth-order valence-corrected chi connectivity index (χ4v) is 3.50. The molecule has 26 heavy (non-hydrogen) atoms. The second kappa shape index (κ2) is 9.09. The summed E-state index contributed by atoms with van der Waals surface area (Å²) in [6.45, 7) is 6.36. The highest BCUT2D eigenvalue weighted by Crippen LogP contribution is 2.17. The molecule has 0 radical (unpaired) electrons. The van der Waals surface area contributed by atoms with Crippen molar-refractivity contribution in [2.75, 3.05) is 26.2 Å². The van der Waals surface area contributed by atoms with Crippen LogP contribution in [-0.4, -0.2) is 51.8 Å². The normalized spacial score (nSPS) is 15.1. The van der Waals surface area contributed by atoms with Gasteiger partial charge in [0.05, 0.1) is 0 Å². The van der Waals surface area contributed by atoms with E-state index in [0.717, 1.165) is 18.5 Å². The second-order valence-corrected chi connectivity index (χ2v) is 7.30. The fraction of sp³-hybridized carbons (Fsp3) is 0.526. The standard InChI is InChI=1S/C19H27N5OS/c1-15-6-8-16(9-7-15)18-21-22-19(26)24(18)14-17(25)20-10-5-13-23-11-3-2-4-12-23/h6-9H,2-5,10-14H2,1H3,(H,20,25)(H,22,26). The summed E-state index contributed by atoms with van der Waals surface area (Å²) < 4.78 is 2.21. The Morgan fingerprint density at radius 3 is 2.69 bits per heavy atom. The molecule has 1 aliphatic rings. The molecule has 0 unspecified atom stereocenters. The number of nitrogens with zero attached hydrogens (tertiary/aromatic N) is 3. The Morgan fingerprint density at radius 2 is 1.96 bits per heavy atom. The van der Waals surface area contributed by atoms with E-state index in [9.17, 15) is 4.79 Å². The van der Waals surface area contributed by atoms with Crippen LogP contribution in [0.2, 0.25) is 0 Å². The molecule has 0 spiro atoms. The number of rotatable bonds is 7. The van der Waals surface area contributed by atoms with Gasteiger partial charge in [0.25, 0.3) is 0 Å². The van der Waals surface area contributed by atoms with Gasteiger partial charge < -0.3 is 10.2 Å². The van der Waals surface area contributed by atoms with Gasteiger partial charge >= 0.3 is 0 Å². The number of amides is 1. The van der Waals surface area contributed by atoms with E-state index in [-0.39, 0.29) is 12.5 Å². The Kier molecular flexibility index (Phi) is 6.57. The van der Waals surface area contributed by atoms with Crippen LogP contribution in [-0.2, 0) is 11.3 Å². The lowest BCUT2D eigenvalue weighted by atomic mass is 10.1. The van der Waals surface area contributed by atoms with E-state index in [1.54, 1.807) is 4.57 Å². The number of likely N-dealkylation sites (tertiary alicyclic amines) is 1. The zero-order valence-corrected chi connectivity index (χ0v) is 16.1. The number of aromatic nitrogens is 3. The highest BCUT2D eigenvalue weighted by atomic mass is 32.1. The quantitative estimate of drug-likeness (QED) is 0.578. The molecule has 7 heteroatoms. The highest BCUT2D eigenvalue weighted by molar-refractivity contribution is 7.71. The Bertz CT molecular complexity index is 774. The van der Waals surface area contributed by atoms with Crippen LogP contribution in [0.15, 0.2) is 24.3 Å². The largest absolute Gasteiger partial charge is 0.355 e. The number of carbonyl (C=O) groups is 1. The molecule has 6 nitrogen and oxygen atoms in total. The van der Waals surface area contributed by atoms with E-state index in [2.05, 4.69) is 20.4 Å². The number of aromatic amines is 1. The van der Waals surface area contributed by atoms with E-state index >= 15 is 0 Å². The zero-order chi connectivity index (χ0) is 18.4. The van der Waals surface area contributed by atoms with Crippen LogP contribution in [0, 0.1) is 11.7 Å². The first-order chi connectivity index (χ1) is 12.6. The summed E-state index contributed by atoms with van der Waals surface area (Å²) in [6.07, 6.45) is 4.93. The van der Waals surface area contributed by atoms with Crippen molar-refractivity contribution in [3.8, 4) is 11.4 Å². The number of benzene rings is 1. The molecule has 3 rings (SSSR count). The SMILES string of the molecule is Cc1ccc(-c2n[nH]c(=S)n2CC(=O)NCCCN2CCCCC2)cc1. The smallest absolute Gasteiger partial charge is 0.240 e. The van der Waals surface area contributed by atoms with Crippen molar-refractivity contribution in [1.29, 1.82) is 0 Å². The number of nitrogens with one attached hydrogen (secondary N) is 2. The Hall–Kier alpha value is -1.99. The van der Waals surface area contributed by atoms with Crippen molar-refractivity contribution in [3.63, 3.8) is 0 Å². The number of aryl methyl sites for hydroxylation is 1. The van der Waals surface area contributed by atoms with Gasteiger partial charge in [-0.1, -0.05) is 36.2 Å². The summed E-state index contributed by atoms with van der Waals surface area (Å²) >= 11 is 5.30. The van der Waals surface area contributed by atoms with Gasteiger partial charge in [-0.25, -0.2) is 0 Å². The van der Waals surface area contributed by atoms with E-state index in [4.69, 9.17) is 12.2 Å². The molecule has 1 saturated heterocycles. The minimum absolute atomic E-state index is 0.0329. The van der Waals surface area contributed by atoms with E-state index in [1.165, 1.54) is 37.9 Å². The maximum atomic E-state index is 12.3. The summed E-state index contributed by atoms with van der Waals surface area (Å²) in [5, 5.41) is 10.1. The molecule has 0 bridgehead atoms. The lowest BCUT2D eigenvalue weighted by Gasteiger charge is -2.26. The van der Waals surface area contributed by atoms with Crippen LogP contribution in [0.4, 0.5) is 0 Å². The Morgan fingerprint density at radius 1 is 1.23 bits per heavy atom. The molecule has 0 saturated carbocycles. The van der Waals surface area contributed by atoms with Crippen LogP contribution in [0.5, 0.6) is 0 Å². The molecular formula is C19H27N5OS. The van der Waals surface area contributed by atoms with Gasteiger partial charge in [-0.15, -0.1) is 0 Å². The number of hydrogen-bond donors (Lipinski definition) is 2. The van der Waals surface area contributed by atoms with E-state index < -0.39 is 0 Å². The van der Waals surface area contributed by atoms with Gasteiger partial charge in [-0.2, -0.15) is 5.10 Å². The molecule has 0 aliphatic carbocycles. The molecule has 0 atom stereocenters. The van der Waals surface area contributed by atoms with Crippen LogP contribution in [0.1, 0.15) is 31.2 Å². The van der Waals surface area contributed by atoms with Crippen LogP contribution >= 0.6 is 12.2 Å². The summed E-state index contributed by atoms with van der Waals surface area (Å²) in [4.78, 5) is 14.8. The zero-order valence-electron chi connectivity index (χ0n) is 15.3. The average molecular weight is 374 g/mol. The number of carbonyl (C=O) groups excluding carboxylic acids is 1. The van der Waals surface area contributed by atoms with Gasteiger partial charge in [0.15, 0.2) is 10.6 Å². The maximum absolute atomic E-state index is 12.3. The average Bonchev–Trinajstić information content (AvgIpc) is 3.01. The molecule has 1 aromatic heterocycles. The third-order valence-electron chi connectivity index (χ3n) is 4.79. The Labute approximate surface area is 159 Å². The molecule has 2 aromatic rings. The van der Waals surface area contributed by atoms with E-state index in [1.807, 2.05) is 31.2 Å². The minimum Gasteiger partial charge on any atom is -0.355 e. The fourth-order valence-electron chi connectivity index (χ4n) is 3.30. The summed E-state index contributed by atoms with van der Waals surface area (Å²) in [5.41, 5.74) is 2.13. The van der Waals surface area contributed by atoms with E-state index in [0.29, 0.717) is 17.1 Å². The maximum Gasteiger partial charge on any atom is 0.240 e. The first-order valence-electron chi connectivity index (χ1n) is 9.35. The van der Waals surface area contributed by atoms with Crippen molar-refractivity contribution in [3.05, 3.63) is 34.6 Å². The van der Waals surface area contributed by atoms with Crippen molar-refractivity contribution in [1.82, 2.24) is 25.0 Å². The van der Waals surface area contributed by atoms with Crippen molar-refractivity contribution >= 4 is 18.1 Å². The predicted molar refractivity (Wildman–Crippen MR) is 106 cm³/mol. The van der Waals surface area contributed by atoms with Gasteiger partial charge in [0.2, 0.25) is 5.91 Å². The highest BCUT2D eigenvalue weighted by Gasteiger charge is 2.13. The van der Waals surface area contributed by atoms with Gasteiger partial charge in [0.1, 0.15) is 6.54 Å². The van der Waals surface area contributed by atoms with Crippen molar-refractivity contribution in [2.24, 2.45) is 0 Å². The van der Waals surface area contributed by atoms with Crippen LogP contribution in [0.25, 0.3) is 11.4 Å². The van der Waals surface area contributed by atoms with Crippen LogP contribution < -0.4 is 5.32 Å². The third-order valence-corrected chi connectivity index (χ3v) is 5.10. The number of piperidine rings is 1. The van der Waals surface area contributed by atoms with Gasteiger partial charge in [-0.05, 0) is 58.0 Å². The first-order valence-corrected chi connectivity index (χ1v) is 9.75. The van der Waals surface area contributed by atoms with Crippen molar-refractivity contribution in [2.45, 2.75) is 39.2 Å². The van der Waals surface area contributed by atoms with Crippen LogP contribution in [0.3, 0.4) is 0 Å².